The van der Waals surface area contributed by atoms with E-state index < -0.39 is 20.6 Å². The molecule has 21 heavy (non-hydrogen) atoms. The minimum absolute atomic E-state index is 0.0661. The van der Waals surface area contributed by atoms with E-state index in [1.807, 2.05) is 0 Å². The number of thiophene rings is 1. The van der Waals surface area contributed by atoms with E-state index in [2.05, 4.69) is 20.7 Å². The Bertz CT molecular complexity index is 803. The van der Waals surface area contributed by atoms with Crippen molar-refractivity contribution in [2.75, 3.05) is 4.72 Å². The van der Waals surface area contributed by atoms with Crippen LogP contribution < -0.4 is 4.72 Å². The first kappa shape index (κ1) is 16.5. The summed E-state index contributed by atoms with van der Waals surface area (Å²) in [6, 6.07) is 4.89. The molecular formula is C10H5BrCl2N2O4S2. The highest BCUT2D eigenvalue weighted by molar-refractivity contribution is 9.11. The molecule has 2 aromatic rings. The molecule has 0 amide bonds. The maximum atomic E-state index is 12.2. The summed E-state index contributed by atoms with van der Waals surface area (Å²) in [5.74, 6) is 0. The van der Waals surface area contributed by atoms with Crippen molar-refractivity contribution in [2.45, 2.75) is 4.21 Å². The van der Waals surface area contributed by atoms with Gasteiger partial charge in [-0.25, -0.2) is 8.42 Å². The van der Waals surface area contributed by atoms with Crippen molar-refractivity contribution in [3.63, 3.8) is 0 Å². The lowest BCUT2D eigenvalue weighted by molar-refractivity contribution is -0.383. The molecule has 0 aliphatic carbocycles. The van der Waals surface area contributed by atoms with Crippen LogP contribution in [0.25, 0.3) is 0 Å². The van der Waals surface area contributed by atoms with Gasteiger partial charge >= 0.3 is 0 Å². The molecule has 0 unspecified atom stereocenters. The number of hydrogen-bond donors (Lipinski definition) is 1. The van der Waals surface area contributed by atoms with Crippen molar-refractivity contribution in [1.82, 2.24) is 0 Å². The van der Waals surface area contributed by atoms with Crippen molar-refractivity contribution >= 4 is 71.9 Å². The third kappa shape index (κ3) is 3.67. The van der Waals surface area contributed by atoms with Crippen LogP contribution in [-0.2, 0) is 10.0 Å². The lowest BCUT2D eigenvalue weighted by Crippen LogP contribution is -2.12. The summed E-state index contributed by atoms with van der Waals surface area (Å²) in [6.45, 7) is 0. The Morgan fingerprint density at radius 3 is 2.48 bits per heavy atom. The normalized spacial score (nSPS) is 11.4. The van der Waals surface area contributed by atoms with Gasteiger partial charge in [0.25, 0.3) is 15.7 Å². The fourth-order valence-corrected chi connectivity index (χ4v) is 5.04. The number of nitrogens with zero attached hydrogens (tertiary/aromatic N) is 1. The smallest absolute Gasteiger partial charge is 0.272 e. The predicted molar refractivity (Wildman–Crippen MR) is 85.9 cm³/mol. The number of anilines is 1. The van der Waals surface area contributed by atoms with Crippen LogP contribution in [0.5, 0.6) is 0 Å². The van der Waals surface area contributed by atoms with Crippen LogP contribution in [0.4, 0.5) is 11.4 Å². The molecule has 6 nitrogen and oxygen atoms in total. The summed E-state index contributed by atoms with van der Waals surface area (Å²) in [7, 11) is -3.98. The van der Waals surface area contributed by atoms with Gasteiger partial charge in [-0.3, -0.25) is 14.8 Å². The van der Waals surface area contributed by atoms with Gasteiger partial charge < -0.3 is 0 Å². The van der Waals surface area contributed by atoms with Crippen LogP contribution in [0.15, 0.2) is 32.3 Å². The molecule has 0 radical (unpaired) electrons. The number of nitrogens with one attached hydrogen (secondary N) is 1. The Kier molecular flexibility index (Phi) is 4.79. The number of sulfonamides is 1. The summed E-state index contributed by atoms with van der Waals surface area (Å²) in [4.78, 5) is 10.2. The summed E-state index contributed by atoms with van der Waals surface area (Å²) in [6.07, 6.45) is 0. The maximum absolute atomic E-state index is 12.2. The third-order valence-electron chi connectivity index (χ3n) is 2.29. The second-order valence-corrected chi connectivity index (χ2v) is 8.83. The second-order valence-electron chi connectivity index (χ2n) is 3.71. The van der Waals surface area contributed by atoms with Gasteiger partial charge in [0.1, 0.15) is 9.90 Å². The molecule has 0 bridgehead atoms. The van der Waals surface area contributed by atoms with Gasteiger partial charge in [-0.2, -0.15) is 0 Å². The fourth-order valence-electron chi connectivity index (χ4n) is 1.40. The Balaban J connectivity index is 2.44. The highest BCUT2D eigenvalue weighted by atomic mass is 79.9. The van der Waals surface area contributed by atoms with Crippen molar-refractivity contribution in [3.05, 3.63) is 48.2 Å². The van der Waals surface area contributed by atoms with Gasteiger partial charge in [0, 0.05) is 11.1 Å². The number of benzene rings is 1. The van der Waals surface area contributed by atoms with Crippen LogP contribution >= 0.6 is 50.5 Å². The maximum Gasteiger partial charge on any atom is 0.294 e. The molecule has 0 saturated heterocycles. The molecular weight excluding hydrogens is 427 g/mol. The van der Waals surface area contributed by atoms with Crippen LogP contribution in [-0.4, -0.2) is 13.3 Å². The summed E-state index contributed by atoms with van der Waals surface area (Å²) in [5, 5.41) is 11.3. The van der Waals surface area contributed by atoms with Gasteiger partial charge in [-0.05, 0) is 34.1 Å². The third-order valence-corrected chi connectivity index (χ3v) is 6.84. The highest BCUT2D eigenvalue weighted by Crippen LogP contribution is 2.36. The Labute approximate surface area is 142 Å². The monoisotopic (exact) mass is 430 g/mol. The number of halogens is 3. The first-order valence-electron chi connectivity index (χ1n) is 5.12. The molecule has 2 rings (SSSR count). The van der Waals surface area contributed by atoms with Gasteiger partial charge in [-0.1, -0.05) is 23.2 Å². The number of hydrogen-bond acceptors (Lipinski definition) is 5. The zero-order valence-corrected chi connectivity index (χ0v) is 14.6. The quantitative estimate of drug-likeness (QED) is 0.568. The van der Waals surface area contributed by atoms with Crippen molar-refractivity contribution in [3.8, 4) is 0 Å². The highest BCUT2D eigenvalue weighted by Gasteiger charge is 2.23. The molecule has 11 heteroatoms. The average molecular weight is 432 g/mol. The van der Waals surface area contributed by atoms with Crippen molar-refractivity contribution < 1.29 is 13.3 Å². The van der Waals surface area contributed by atoms with Crippen LogP contribution in [0, 0.1) is 10.1 Å². The molecule has 1 heterocycles. The summed E-state index contributed by atoms with van der Waals surface area (Å²) >= 11 is 15.5. The minimum atomic E-state index is -3.98. The minimum Gasteiger partial charge on any atom is -0.272 e. The first-order valence-corrected chi connectivity index (χ1v) is 8.97. The second kappa shape index (κ2) is 6.09. The molecule has 0 saturated carbocycles. The zero-order valence-electron chi connectivity index (χ0n) is 9.84. The SMILES string of the molecule is O=[N+]([O-])c1cc(Cl)ccc1NS(=O)(=O)c1cc(Cl)c(Br)s1. The Morgan fingerprint density at radius 1 is 1.29 bits per heavy atom. The summed E-state index contributed by atoms with van der Waals surface area (Å²) < 4.78 is 26.9. The lowest BCUT2D eigenvalue weighted by Gasteiger charge is -2.07. The van der Waals surface area contributed by atoms with Gasteiger partial charge in [0.05, 0.1) is 13.7 Å². The predicted octanol–water partition coefficient (Wildman–Crippen LogP) is 4.53. The largest absolute Gasteiger partial charge is 0.294 e. The molecule has 0 aliphatic heterocycles. The van der Waals surface area contributed by atoms with Gasteiger partial charge in [0.15, 0.2) is 0 Å². The molecule has 1 N–H and O–H groups in total. The molecule has 1 aromatic carbocycles. The van der Waals surface area contributed by atoms with Crippen LogP contribution in [0.3, 0.4) is 0 Å². The fraction of sp³-hybridized carbons (Fsp3) is 0. The topological polar surface area (TPSA) is 89.3 Å². The van der Waals surface area contributed by atoms with Crippen LogP contribution in [0.1, 0.15) is 0 Å². The van der Waals surface area contributed by atoms with E-state index >= 15 is 0 Å². The van der Waals surface area contributed by atoms with Gasteiger partial charge in [-0.15, -0.1) is 11.3 Å². The molecule has 0 spiro atoms. The van der Waals surface area contributed by atoms with E-state index in [4.69, 9.17) is 23.2 Å². The van der Waals surface area contributed by atoms with E-state index in [1.165, 1.54) is 18.2 Å². The number of rotatable bonds is 4. The number of nitro groups is 1. The zero-order chi connectivity index (χ0) is 15.8. The van der Waals surface area contributed by atoms with E-state index in [0.29, 0.717) is 3.79 Å². The van der Waals surface area contributed by atoms with Crippen molar-refractivity contribution in [2.24, 2.45) is 0 Å². The standard InChI is InChI=1S/C10H5BrCl2N2O4S2/c11-10-6(13)4-9(20-10)21(18,19)14-7-2-1-5(12)3-8(7)15(16)17/h1-4,14H. The lowest BCUT2D eigenvalue weighted by atomic mass is 10.3. The van der Waals surface area contributed by atoms with Crippen molar-refractivity contribution in [1.29, 1.82) is 0 Å². The van der Waals surface area contributed by atoms with Crippen LogP contribution in [0.2, 0.25) is 10.0 Å². The van der Waals surface area contributed by atoms with E-state index in [1.54, 1.807) is 0 Å². The van der Waals surface area contributed by atoms with E-state index in [0.717, 1.165) is 17.4 Å². The molecule has 0 aliphatic rings. The first-order chi connectivity index (χ1) is 9.70. The Morgan fingerprint density at radius 2 is 1.95 bits per heavy atom. The molecule has 0 fully saturated rings. The average Bonchev–Trinajstić information content (AvgIpc) is 2.72. The van der Waals surface area contributed by atoms with Gasteiger partial charge in [0.2, 0.25) is 0 Å². The molecule has 1 aromatic heterocycles. The Hall–Kier alpha value is -0.870. The summed E-state index contributed by atoms with van der Waals surface area (Å²) in [5.41, 5.74) is -0.613. The molecule has 0 atom stereocenters. The number of nitro benzene ring substituents is 1. The van der Waals surface area contributed by atoms with E-state index in [9.17, 15) is 18.5 Å². The van der Waals surface area contributed by atoms with E-state index in [-0.39, 0.29) is 19.9 Å². The molecule has 112 valence electrons.